The number of nitrogens with zero attached hydrogens (tertiary/aromatic N) is 2. The van der Waals surface area contributed by atoms with Crippen LogP contribution in [0.1, 0.15) is 29.3 Å². The lowest BCUT2D eigenvalue weighted by Crippen LogP contribution is -2.30. The maximum Gasteiger partial charge on any atom is 0.272 e. The molecule has 1 heterocycles. The zero-order valence-electron chi connectivity index (χ0n) is 26.6. The smallest absolute Gasteiger partial charge is 0.272 e. The lowest BCUT2D eigenvalue weighted by molar-refractivity contribution is -0.116. The van der Waals surface area contributed by atoms with Gasteiger partial charge < -0.3 is 20.9 Å². The van der Waals surface area contributed by atoms with E-state index in [0.29, 0.717) is 33.5 Å². The first-order valence-corrected chi connectivity index (χ1v) is 17.3. The van der Waals surface area contributed by atoms with Crippen molar-refractivity contribution in [1.29, 1.82) is 0 Å². The van der Waals surface area contributed by atoms with Gasteiger partial charge in [0.15, 0.2) is 5.13 Å². The SMILES string of the molecule is CCC(Sc1cccc(NC(=O)/C(=C\c2ccc(N(C)C)cc2)NC(=O)c2ccccc2)c1)C(=O)Nc1nc(-c2ccccc2Cl)cs1. The van der Waals surface area contributed by atoms with Crippen LogP contribution in [0.3, 0.4) is 0 Å². The van der Waals surface area contributed by atoms with Gasteiger partial charge in [-0.05, 0) is 66.6 Å². The molecule has 1 atom stereocenters. The highest BCUT2D eigenvalue weighted by Crippen LogP contribution is 2.32. The van der Waals surface area contributed by atoms with Crippen LogP contribution in [0.5, 0.6) is 0 Å². The molecular formula is C37H34ClN5O3S2. The van der Waals surface area contributed by atoms with Gasteiger partial charge in [-0.15, -0.1) is 23.1 Å². The summed E-state index contributed by atoms with van der Waals surface area (Å²) in [6.07, 6.45) is 2.21. The largest absolute Gasteiger partial charge is 0.378 e. The number of amides is 3. The Labute approximate surface area is 293 Å². The van der Waals surface area contributed by atoms with Crippen molar-refractivity contribution in [3.8, 4) is 11.3 Å². The number of aromatic nitrogens is 1. The van der Waals surface area contributed by atoms with Crippen molar-refractivity contribution in [3.05, 3.63) is 130 Å². The Bertz CT molecular complexity index is 1930. The highest BCUT2D eigenvalue weighted by molar-refractivity contribution is 8.00. The average molecular weight is 696 g/mol. The van der Waals surface area contributed by atoms with E-state index in [0.717, 1.165) is 21.7 Å². The van der Waals surface area contributed by atoms with Crippen LogP contribution in [0, 0.1) is 0 Å². The fourth-order valence-electron chi connectivity index (χ4n) is 4.62. The minimum atomic E-state index is -0.485. The molecule has 8 nitrogen and oxygen atoms in total. The molecule has 0 radical (unpaired) electrons. The Morgan fingerprint density at radius 2 is 1.65 bits per heavy atom. The maximum absolute atomic E-state index is 13.6. The second-order valence-electron chi connectivity index (χ2n) is 10.9. The number of anilines is 3. The number of nitrogens with one attached hydrogen (secondary N) is 3. The van der Waals surface area contributed by atoms with E-state index in [1.165, 1.54) is 23.1 Å². The number of thioether (sulfide) groups is 1. The van der Waals surface area contributed by atoms with Crippen molar-refractivity contribution in [2.75, 3.05) is 29.6 Å². The van der Waals surface area contributed by atoms with Gasteiger partial charge in [-0.2, -0.15) is 0 Å². The molecule has 4 aromatic carbocycles. The summed E-state index contributed by atoms with van der Waals surface area (Å²) in [5.74, 6) is -1.06. The maximum atomic E-state index is 13.6. The summed E-state index contributed by atoms with van der Waals surface area (Å²) in [6, 6.07) is 31.1. The van der Waals surface area contributed by atoms with Crippen LogP contribution in [0.25, 0.3) is 17.3 Å². The van der Waals surface area contributed by atoms with Gasteiger partial charge in [-0.25, -0.2) is 4.98 Å². The van der Waals surface area contributed by atoms with E-state index >= 15 is 0 Å². The molecule has 0 bridgehead atoms. The Hall–Kier alpha value is -4.90. The molecule has 0 aliphatic heterocycles. The van der Waals surface area contributed by atoms with Crippen LogP contribution < -0.4 is 20.9 Å². The molecule has 1 aromatic heterocycles. The second kappa shape index (κ2) is 16.3. The molecule has 1 unspecified atom stereocenters. The summed E-state index contributed by atoms with van der Waals surface area (Å²) >= 11 is 9.05. The van der Waals surface area contributed by atoms with Gasteiger partial charge in [0.25, 0.3) is 11.8 Å². The molecule has 5 aromatic rings. The quantitative estimate of drug-likeness (QED) is 0.0894. The molecule has 11 heteroatoms. The fraction of sp³-hybridized carbons (Fsp3) is 0.135. The van der Waals surface area contributed by atoms with Crippen LogP contribution in [0.2, 0.25) is 5.02 Å². The summed E-state index contributed by atoms with van der Waals surface area (Å²) in [4.78, 5) is 47.2. The van der Waals surface area contributed by atoms with Crippen LogP contribution in [-0.4, -0.2) is 42.1 Å². The number of hydrogen-bond acceptors (Lipinski definition) is 7. The lowest BCUT2D eigenvalue weighted by atomic mass is 10.1. The van der Waals surface area contributed by atoms with Gasteiger partial charge in [-0.1, -0.05) is 73.1 Å². The predicted octanol–water partition coefficient (Wildman–Crippen LogP) is 8.45. The van der Waals surface area contributed by atoms with E-state index in [1.807, 2.05) is 92.0 Å². The van der Waals surface area contributed by atoms with Gasteiger partial charge in [-0.3, -0.25) is 14.4 Å². The molecule has 0 saturated heterocycles. The van der Waals surface area contributed by atoms with E-state index in [-0.39, 0.29) is 11.6 Å². The Balaban J connectivity index is 1.29. The molecule has 5 rings (SSSR count). The summed E-state index contributed by atoms with van der Waals surface area (Å²) in [5, 5.41) is 11.2. The van der Waals surface area contributed by atoms with Crippen molar-refractivity contribution in [3.63, 3.8) is 0 Å². The standard InChI is InChI=1S/C37H34ClN5O3S2/c1-4-33(36(46)42-37-41-32(23-47-37)29-15-8-9-16-30(29)38)48-28-14-10-13-26(22-28)39-35(45)31(40-34(44)25-11-6-5-7-12-25)21-24-17-19-27(20-18-24)43(2)3/h5-23,33H,4H2,1-3H3,(H,39,45)(H,40,44)(H,41,42,46)/b31-21+. The summed E-state index contributed by atoms with van der Waals surface area (Å²) in [6.45, 7) is 1.94. The van der Waals surface area contributed by atoms with Crippen molar-refractivity contribution in [2.45, 2.75) is 23.5 Å². The van der Waals surface area contributed by atoms with Crippen molar-refractivity contribution >= 4 is 75.0 Å². The monoisotopic (exact) mass is 695 g/mol. The van der Waals surface area contributed by atoms with Crippen molar-refractivity contribution < 1.29 is 14.4 Å². The number of hydrogen-bond donors (Lipinski definition) is 3. The molecule has 3 N–H and O–H groups in total. The third kappa shape index (κ3) is 9.13. The highest BCUT2D eigenvalue weighted by Gasteiger charge is 2.21. The number of carbonyl (C=O) groups excluding carboxylic acids is 3. The molecule has 0 spiro atoms. The molecule has 0 aliphatic carbocycles. The molecule has 3 amide bonds. The van der Waals surface area contributed by atoms with E-state index in [2.05, 4.69) is 20.9 Å². The van der Waals surface area contributed by atoms with E-state index < -0.39 is 17.1 Å². The number of carbonyl (C=O) groups is 3. The molecule has 0 fully saturated rings. The molecular weight excluding hydrogens is 662 g/mol. The van der Waals surface area contributed by atoms with E-state index in [9.17, 15) is 14.4 Å². The normalized spacial score (nSPS) is 11.8. The average Bonchev–Trinajstić information content (AvgIpc) is 3.55. The Kier molecular flexibility index (Phi) is 11.7. The zero-order valence-corrected chi connectivity index (χ0v) is 29.0. The number of thiazole rings is 1. The lowest BCUT2D eigenvalue weighted by Gasteiger charge is -2.15. The minimum Gasteiger partial charge on any atom is -0.378 e. The summed E-state index contributed by atoms with van der Waals surface area (Å²) in [5.41, 5.74) is 4.30. The first-order valence-electron chi connectivity index (χ1n) is 15.1. The summed E-state index contributed by atoms with van der Waals surface area (Å²) < 4.78 is 0. The van der Waals surface area contributed by atoms with Crippen LogP contribution in [0.15, 0.2) is 119 Å². The Morgan fingerprint density at radius 1 is 0.917 bits per heavy atom. The van der Waals surface area contributed by atoms with Crippen molar-refractivity contribution in [2.24, 2.45) is 0 Å². The first-order chi connectivity index (χ1) is 23.2. The van der Waals surface area contributed by atoms with Gasteiger partial charge in [0.1, 0.15) is 5.70 Å². The zero-order chi connectivity index (χ0) is 34.0. The third-order valence-electron chi connectivity index (χ3n) is 7.17. The number of benzene rings is 4. The molecule has 0 saturated carbocycles. The van der Waals surface area contributed by atoms with Gasteiger partial charge >= 0.3 is 0 Å². The van der Waals surface area contributed by atoms with E-state index in [4.69, 9.17) is 11.6 Å². The van der Waals surface area contributed by atoms with Gasteiger partial charge in [0.2, 0.25) is 5.91 Å². The first kappa shape index (κ1) is 34.4. The van der Waals surface area contributed by atoms with Crippen molar-refractivity contribution in [1.82, 2.24) is 10.3 Å². The summed E-state index contributed by atoms with van der Waals surface area (Å²) in [7, 11) is 3.90. The molecule has 244 valence electrons. The fourth-order valence-corrected chi connectivity index (χ4v) is 6.58. The van der Waals surface area contributed by atoms with Crippen LogP contribution in [-0.2, 0) is 9.59 Å². The highest BCUT2D eigenvalue weighted by atomic mass is 35.5. The van der Waals surface area contributed by atoms with Gasteiger partial charge in [0.05, 0.1) is 10.9 Å². The number of rotatable bonds is 12. The van der Waals surface area contributed by atoms with Gasteiger partial charge in [0, 0.05) is 51.9 Å². The van der Waals surface area contributed by atoms with Crippen LogP contribution >= 0.6 is 34.7 Å². The second-order valence-corrected chi connectivity index (χ2v) is 13.4. The predicted molar refractivity (Wildman–Crippen MR) is 199 cm³/mol. The Morgan fingerprint density at radius 3 is 2.35 bits per heavy atom. The molecule has 48 heavy (non-hydrogen) atoms. The number of halogens is 1. The molecule has 0 aliphatic rings. The van der Waals surface area contributed by atoms with Crippen LogP contribution in [0.4, 0.5) is 16.5 Å². The minimum absolute atomic E-state index is 0.0879. The topological polar surface area (TPSA) is 103 Å². The van der Waals surface area contributed by atoms with E-state index in [1.54, 1.807) is 48.5 Å². The third-order valence-corrected chi connectivity index (χ3v) is 9.61.